The highest BCUT2D eigenvalue weighted by atomic mass is 79.9. The summed E-state index contributed by atoms with van der Waals surface area (Å²) in [5, 5.41) is 0. The molecule has 0 unspecified atom stereocenters. The van der Waals surface area contributed by atoms with Crippen LogP contribution in [0.2, 0.25) is 0 Å². The number of nitrogens with zero attached hydrogens (tertiary/aromatic N) is 1. The smallest absolute Gasteiger partial charge is 0.182 e. The van der Waals surface area contributed by atoms with Crippen molar-refractivity contribution < 1.29 is 8.78 Å². The molecular weight excluding hydrogens is 414 g/mol. The lowest BCUT2D eigenvalue weighted by Gasteiger charge is -2.06. The SMILES string of the molecule is Fc1ccc(-n2c(=S)[nH]c3cc(Br)c(F)cc32)cc1Br. The highest BCUT2D eigenvalue weighted by molar-refractivity contribution is 9.10. The monoisotopic (exact) mass is 418 g/mol. The van der Waals surface area contributed by atoms with Crippen LogP contribution in [-0.2, 0) is 0 Å². The van der Waals surface area contributed by atoms with Gasteiger partial charge in [0.05, 0.1) is 20.0 Å². The molecule has 0 fully saturated rings. The van der Waals surface area contributed by atoms with Crippen LogP contribution in [0.4, 0.5) is 8.78 Å². The molecule has 3 aromatic rings. The predicted molar refractivity (Wildman–Crippen MR) is 83.8 cm³/mol. The molecule has 0 saturated carbocycles. The number of hydrogen-bond acceptors (Lipinski definition) is 1. The molecule has 2 aromatic carbocycles. The lowest BCUT2D eigenvalue weighted by Crippen LogP contribution is -1.95. The minimum absolute atomic E-state index is 0.323. The molecule has 0 aliphatic carbocycles. The Kier molecular flexibility index (Phi) is 3.51. The van der Waals surface area contributed by atoms with Crippen LogP contribution in [0.15, 0.2) is 39.3 Å². The van der Waals surface area contributed by atoms with Gasteiger partial charge >= 0.3 is 0 Å². The predicted octanol–water partition coefficient (Wildman–Crippen LogP) is 5.49. The summed E-state index contributed by atoms with van der Waals surface area (Å²) in [4.78, 5) is 3.00. The number of benzene rings is 2. The van der Waals surface area contributed by atoms with Crippen LogP contribution in [0.25, 0.3) is 16.7 Å². The maximum Gasteiger partial charge on any atom is 0.182 e. The van der Waals surface area contributed by atoms with Gasteiger partial charge in [0, 0.05) is 11.8 Å². The molecule has 20 heavy (non-hydrogen) atoms. The van der Waals surface area contributed by atoms with E-state index in [0.717, 1.165) is 0 Å². The fourth-order valence-electron chi connectivity index (χ4n) is 1.98. The van der Waals surface area contributed by atoms with Crippen molar-refractivity contribution in [2.24, 2.45) is 0 Å². The van der Waals surface area contributed by atoms with E-state index in [-0.39, 0.29) is 11.6 Å². The van der Waals surface area contributed by atoms with Crippen LogP contribution in [0, 0.1) is 16.4 Å². The quantitative estimate of drug-likeness (QED) is 0.517. The molecule has 1 aromatic heterocycles. The number of aromatic nitrogens is 2. The van der Waals surface area contributed by atoms with E-state index in [1.165, 1.54) is 12.1 Å². The molecule has 0 amide bonds. The van der Waals surface area contributed by atoms with Crippen molar-refractivity contribution in [1.82, 2.24) is 9.55 Å². The Morgan fingerprint density at radius 3 is 2.40 bits per heavy atom. The number of halogens is 4. The highest BCUT2D eigenvalue weighted by Crippen LogP contribution is 2.27. The van der Waals surface area contributed by atoms with Crippen LogP contribution in [0.1, 0.15) is 0 Å². The van der Waals surface area contributed by atoms with Crippen molar-refractivity contribution >= 4 is 55.1 Å². The van der Waals surface area contributed by atoms with Gasteiger partial charge in [0.25, 0.3) is 0 Å². The van der Waals surface area contributed by atoms with Crippen LogP contribution >= 0.6 is 44.1 Å². The number of fused-ring (bicyclic) bond motifs is 1. The molecule has 0 atom stereocenters. The molecule has 1 N–H and O–H groups in total. The molecule has 0 radical (unpaired) electrons. The molecular formula is C13H6Br2F2N2S. The van der Waals surface area contributed by atoms with Crippen LogP contribution < -0.4 is 0 Å². The summed E-state index contributed by atoms with van der Waals surface area (Å²) in [7, 11) is 0. The van der Waals surface area contributed by atoms with E-state index in [1.807, 2.05) is 0 Å². The zero-order valence-electron chi connectivity index (χ0n) is 9.75. The number of H-pyrrole nitrogens is 1. The lowest BCUT2D eigenvalue weighted by atomic mass is 10.2. The zero-order valence-corrected chi connectivity index (χ0v) is 13.7. The first-order valence-corrected chi connectivity index (χ1v) is 7.52. The average Bonchev–Trinajstić information content (AvgIpc) is 2.69. The van der Waals surface area contributed by atoms with Gasteiger partial charge in [0.2, 0.25) is 0 Å². The van der Waals surface area contributed by atoms with E-state index in [0.29, 0.717) is 30.4 Å². The van der Waals surface area contributed by atoms with Crippen molar-refractivity contribution in [1.29, 1.82) is 0 Å². The molecule has 102 valence electrons. The van der Waals surface area contributed by atoms with Crippen molar-refractivity contribution in [3.63, 3.8) is 0 Å². The second kappa shape index (κ2) is 5.05. The van der Waals surface area contributed by atoms with Gasteiger partial charge in [0.15, 0.2) is 4.77 Å². The maximum absolute atomic E-state index is 13.7. The highest BCUT2D eigenvalue weighted by Gasteiger charge is 2.11. The number of hydrogen-bond donors (Lipinski definition) is 1. The third kappa shape index (κ3) is 2.23. The van der Waals surface area contributed by atoms with Gasteiger partial charge in [-0.15, -0.1) is 0 Å². The number of aromatic amines is 1. The first-order valence-electron chi connectivity index (χ1n) is 5.52. The summed E-state index contributed by atoms with van der Waals surface area (Å²) >= 11 is 11.5. The van der Waals surface area contributed by atoms with Gasteiger partial charge in [-0.3, -0.25) is 4.57 Å². The Morgan fingerprint density at radius 2 is 1.70 bits per heavy atom. The van der Waals surface area contributed by atoms with Crippen LogP contribution in [0.3, 0.4) is 0 Å². The Bertz CT molecular complexity index is 886. The van der Waals surface area contributed by atoms with Gasteiger partial charge in [-0.2, -0.15) is 0 Å². The summed E-state index contributed by atoms with van der Waals surface area (Å²) in [6.45, 7) is 0. The van der Waals surface area contributed by atoms with Crippen molar-refractivity contribution in [3.8, 4) is 5.69 Å². The van der Waals surface area contributed by atoms with Crippen molar-refractivity contribution in [2.45, 2.75) is 0 Å². The fraction of sp³-hybridized carbons (Fsp3) is 0. The van der Waals surface area contributed by atoms with Gasteiger partial charge in [-0.1, -0.05) is 0 Å². The first-order chi connectivity index (χ1) is 9.47. The summed E-state index contributed by atoms with van der Waals surface area (Å²) in [6.07, 6.45) is 0. The molecule has 0 spiro atoms. The molecule has 0 aliphatic rings. The molecule has 2 nitrogen and oxygen atoms in total. The molecule has 1 heterocycles. The molecule has 0 aliphatic heterocycles. The molecule has 0 saturated heterocycles. The summed E-state index contributed by atoms with van der Waals surface area (Å²) in [6, 6.07) is 7.51. The normalized spacial score (nSPS) is 11.2. The third-order valence-electron chi connectivity index (χ3n) is 2.89. The first kappa shape index (κ1) is 13.9. The molecule has 0 bridgehead atoms. The minimum atomic E-state index is -0.388. The number of nitrogens with one attached hydrogen (secondary N) is 1. The molecule has 7 heteroatoms. The number of imidazole rings is 1. The van der Waals surface area contributed by atoms with Gasteiger partial charge in [-0.25, -0.2) is 8.78 Å². The van der Waals surface area contributed by atoms with E-state index in [4.69, 9.17) is 12.2 Å². The minimum Gasteiger partial charge on any atom is -0.330 e. The van der Waals surface area contributed by atoms with E-state index >= 15 is 0 Å². The standard InChI is InChI=1S/C13H6Br2F2N2S/c14-7-3-6(1-2-9(7)16)19-12-5-10(17)8(15)4-11(12)18-13(19)20/h1-5H,(H,18,20). The van der Waals surface area contributed by atoms with Gasteiger partial charge < -0.3 is 4.98 Å². The van der Waals surface area contributed by atoms with E-state index < -0.39 is 0 Å². The van der Waals surface area contributed by atoms with Crippen molar-refractivity contribution in [3.05, 3.63) is 55.7 Å². The average molecular weight is 420 g/mol. The summed E-state index contributed by atoms with van der Waals surface area (Å²) in [5.74, 6) is -0.754. The molecule has 3 rings (SSSR count). The Hall–Kier alpha value is -1.05. The van der Waals surface area contributed by atoms with Crippen LogP contribution in [0.5, 0.6) is 0 Å². The topological polar surface area (TPSA) is 20.7 Å². The van der Waals surface area contributed by atoms with E-state index in [1.54, 1.807) is 22.8 Å². The Balaban J connectivity index is 2.35. The number of rotatable bonds is 1. The largest absolute Gasteiger partial charge is 0.330 e. The van der Waals surface area contributed by atoms with Crippen molar-refractivity contribution in [2.75, 3.05) is 0 Å². The maximum atomic E-state index is 13.7. The second-order valence-corrected chi connectivity index (χ2v) is 6.24. The Labute approximate surface area is 134 Å². The van der Waals surface area contributed by atoms with Gasteiger partial charge in [0.1, 0.15) is 11.6 Å². The van der Waals surface area contributed by atoms with E-state index in [9.17, 15) is 8.78 Å². The lowest BCUT2D eigenvalue weighted by molar-refractivity contribution is 0.620. The van der Waals surface area contributed by atoms with Crippen LogP contribution in [-0.4, -0.2) is 9.55 Å². The Morgan fingerprint density at radius 1 is 1.00 bits per heavy atom. The summed E-state index contributed by atoms with van der Waals surface area (Å²) < 4.78 is 29.8. The zero-order chi connectivity index (χ0) is 14.4. The summed E-state index contributed by atoms with van der Waals surface area (Å²) in [5.41, 5.74) is 1.94. The van der Waals surface area contributed by atoms with E-state index in [2.05, 4.69) is 36.8 Å². The van der Waals surface area contributed by atoms with Gasteiger partial charge in [-0.05, 0) is 68.3 Å². The second-order valence-electron chi connectivity index (χ2n) is 4.15. The third-order valence-corrected chi connectivity index (χ3v) is 4.39. The fourth-order valence-corrected chi connectivity index (χ4v) is 3.01.